The highest BCUT2D eigenvalue weighted by Crippen LogP contribution is 2.55. The minimum atomic E-state index is -2.53. The smallest absolute Gasteiger partial charge is 0.321 e. The summed E-state index contributed by atoms with van der Waals surface area (Å²) in [5, 5.41) is 14.8. The van der Waals surface area contributed by atoms with Crippen molar-refractivity contribution in [1.82, 2.24) is 25.1 Å². The van der Waals surface area contributed by atoms with Crippen molar-refractivity contribution in [3.8, 4) is 11.4 Å². The predicted octanol–water partition coefficient (Wildman–Crippen LogP) is 2.79. The van der Waals surface area contributed by atoms with Crippen LogP contribution in [0.1, 0.15) is 25.3 Å². The van der Waals surface area contributed by atoms with Gasteiger partial charge in [-0.3, -0.25) is 0 Å². The number of nitrogens with one attached hydrogen (secondary N) is 1. The van der Waals surface area contributed by atoms with Crippen LogP contribution in [0.3, 0.4) is 0 Å². The van der Waals surface area contributed by atoms with Crippen molar-refractivity contribution >= 4 is 11.7 Å². The van der Waals surface area contributed by atoms with E-state index in [-0.39, 0.29) is 18.4 Å². The molecule has 1 atom stereocenters. The summed E-state index contributed by atoms with van der Waals surface area (Å²) in [5.74, 6) is -2.54. The molecule has 1 aromatic heterocycles. The number of hydrogen-bond donors (Lipinski definition) is 1. The molecule has 1 aliphatic heterocycles. The fraction of sp³-hybridized carbons (Fsp3) is 0.529. The van der Waals surface area contributed by atoms with E-state index in [9.17, 15) is 13.6 Å². The molecular weight excluding hydrogens is 342 g/mol. The molecule has 1 N–H and O–H groups in total. The molecule has 3 aliphatic rings. The van der Waals surface area contributed by atoms with E-state index in [1.54, 1.807) is 15.6 Å². The molecule has 2 heterocycles. The van der Waals surface area contributed by atoms with Crippen LogP contribution in [-0.2, 0) is 0 Å². The van der Waals surface area contributed by atoms with Gasteiger partial charge in [-0.25, -0.2) is 18.3 Å². The minimum absolute atomic E-state index is 0.0419. The van der Waals surface area contributed by atoms with Crippen molar-refractivity contribution in [2.45, 2.75) is 31.2 Å². The van der Waals surface area contributed by atoms with Crippen LogP contribution < -0.4 is 5.32 Å². The Labute approximate surface area is 148 Å². The summed E-state index contributed by atoms with van der Waals surface area (Å²) in [7, 11) is 0. The number of tetrazole rings is 1. The van der Waals surface area contributed by atoms with Gasteiger partial charge in [0, 0.05) is 36.9 Å². The van der Waals surface area contributed by atoms with Gasteiger partial charge < -0.3 is 10.2 Å². The van der Waals surface area contributed by atoms with Crippen LogP contribution in [0.4, 0.5) is 19.3 Å². The molecular formula is C17H18F2N6O. The van der Waals surface area contributed by atoms with Crippen molar-refractivity contribution in [3.63, 3.8) is 0 Å². The van der Waals surface area contributed by atoms with E-state index in [4.69, 9.17) is 0 Å². The topological polar surface area (TPSA) is 75.9 Å². The summed E-state index contributed by atoms with van der Waals surface area (Å²) in [6.45, 7) is 0.766. The van der Waals surface area contributed by atoms with E-state index < -0.39 is 11.8 Å². The lowest BCUT2D eigenvalue weighted by molar-refractivity contribution is 0.0458. The van der Waals surface area contributed by atoms with Gasteiger partial charge in [-0.15, -0.1) is 5.10 Å². The van der Waals surface area contributed by atoms with Crippen molar-refractivity contribution in [3.05, 3.63) is 24.3 Å². The lowest BCUT2D eigenvalue weighted by atomic mass is 9.95. The van der Waals surface area contributed by atoms with Gasteiger partial charge in [0.25, 0.3) is 5.92 Å². The average Bonchev–Trinajstić information content (AvgIpc) is 3.45. The number of alkyl halides is 2. The van der Waals surface area contributed by atoms with Crippen LogP contribution in [0.25, 0.3) is 11.4 Å². The lowest BCUT2D eigenvalue weighted by Gasteiger charge is -2.39. The normalized spacial score (nSPS) is 24.2. The molecule has 3 fully saturated rings. The second kappa shape index (κ2) is 5.46. The average molecular weight is 360 g/mol. The zero-order valence-electron chi connectivity index (χ0n) is 14.0. The zero-order chi connectivity index (χ0) is 17.9. The number of rotatable bonds is 4. The van der Waals surface area contributed by atoms with E-state index in [1.165, 1.54) is 0 Å². The van der Waals surface area contributed by atoms with E-state index in [1.807, 2.05) is 18.2 Å². The number of para-hydroxylation sites is 1. The molecule has 0 radical (unpaired) electrons. The number of likely N-dealkylation sites (tertiary alicyclic amines) is 1. The Morgan fingerprint density at radius 2 is 1.96 bits per heavy atom. The quantitative estimate of drug-likeness (QED) is 0.910. The molecule has 1 saturated heterocycles. The van der Waals surface area contributed by atoms with Gasteiger partial charge in [-0.2, -0.15) is 0 Å². The molecule has 2 aromatic rings. The number of hydrogen-bond acceptors (Lipinski definition) is 4. The number of anilines is 1. The van der Waals surface area contributed by atoms with E-state index in [2.05, 4.69) is 20.8 Å². The molecule has 1 aromatic carbocycles. The third kappa shape index (κ3) is 2.62. The van der Waals surface area contributed by atoms with Crippen molar-refractivity contribution in [2.24, 2.45) is 11.8 Å². The van der Waals surface area contributed by atoms with Gasteiger partial charge >= 0.3 is 6.03 Å². The molecule has 9 heteroatoms. The summed E-state index contributed by atoms with van der Waals surface area (Å²) in [6, 6.07) is 7.40. The van der Waals surface area contributed by atoms with Crippen LogP contribution in [-0.4, -0.2) is 50.2 Å². The van der Waals surface area contributed by atoms with Crippen molar-refractivity contribution in [2.75, 3.05) is 18.4 Å². The fourth-order valence-electron chi connectivity index (χ4n) is 3.60. The molecule has 0 bridgehead atoms. The van der Waals surface area contributed by atoms with Crippen LogP contribution in [0.5, 0.6) is 0 Å². The summed E-state index contributed by atoms with van der Waals surface area (Å²) >= 11 is 0. The lowest BCUT2D eigenvalue weighted by Crippen LogP contribution is -2.53. The molecule has 2 saturated carbocycles. The number of urea groups is 1. The summed E-state index contributed by atoms with van der Waals surface area (Å²) in [5.41, 5.74) is 1.37. The van der Waals surface area contributed by atoms with Gasteiger partial charge in [0.15, 0.2) is 5.82 Å². The Morgan fingerprint density at radius 1 is 1.23 bits per heavy atom. The molecule has 7 nitrogen and oxygen atoms in total. The molecule has 136 valence electrons. The van der Waals surface area contributed by atoms with Crippen LogP contribution in [0.2, 0.25) is 0 Å². The molecule has 26 heavy (non-hydrogen) atoms. The van der Waals surface area contributed by atoms with Gasteiger partial charge in [-0.05, 0) is 35.4 Å². The van der Waals surface area contributed by atoms with Gasteiger partial charge in [0.1, 0.15) is 0 Å². The fourth-order valence-corrected chi connectivity index (χ4v) is 3.60. The molecule has 2 aliphatic carbocycles. The molecule has 1 unspecified atom stereocenters. The number of carbonyl (C=O) groups excluding carboxylic acids is 1. The highest BCUT2D eigenvalue weighted by atomic mass is 19.3. The Hall–Kier alpha value is -2.58. The first-order valence-electron chi connectivity index (χ1n) is 8.84. The number of amides is 2. The molecule has 5 rings (SSSR count). The Bertz CT molecular complexity index is 858. The van der Waals surface area contributed by atoms with E-state index in [0.717, 1.165) is 18.4 Å². The maximum atomic E-state index is 13.1. The standard InChI is InChI=1S/C17H18F2N6O/c18-17(19)7-13(17)10-8-24(9-10)16(26)20-14-4-2-1-3-12(14)15-21-22-23-25(15)11-5-6-11/h1-4,10-11,13H,5-9H2,(H,20,26). The highest BCUT2D eigenvalue weighted by Gasteiger charge is 2.62. The predicted molar refractivity (Wildman–Crippen MR) is 88.7 cm³/mol. The zero-order valence-corrected chi connectivity index (χ0v) is 14.0. The maximum absolute atomic E-state index is 13.1. The highest BCUT2D eigenvalue weighted by molar-refractivity contribution is 5.94. The first-order chi connectivity index (χ1) is 12.5. The summed E-state index contributed by atoms with van der Waals surface area (Å²) < 4.78 is 28.0. The maximum Gasteiger partial charge on any atom is 0.321 e. The largest absolute Gasteiger partial charge is 0.324 e. The van der Waals surface area contributed by atoms with Crippen molar-refractivity contribution in [1.29, 1.82) is 0 Å². The number of carbonyl (C=O) groups is 1. The second-order valence-corrected chi connectivity index (χ2v) is 7.39. The van der Waals surface area contributed by atoms with Gasteiger partial charge in [0.05, 0.1) is 11.7 Å². The molecule has 2 amide bonds. The van der Waals surface area contributed by atoms with Crippen LogP contribution in [0.15, 0.2) is 24.3 Å². The van der Waals surface area contributed by atoms with Crippen LogP contribution in [0, 0.1) is 11.8 Å². The third-order valence-electron chi connectivity index (χ3n) is 5.44. The third-order valence-corrected chi connectivity index (χ3v) is 5.44. The minimum Gasteiger partial charge on any atom is -0.324 e. The van der Waals surface area contributed by atoms with E-state index in [0.29, 0.717) is 30.6 Å². The SMILES string of the molecule is O=C(Nc1ccccc1-c1nnnn1C1CC1)N1CC(C2CC2(F)F)C1. The van der Waals surface area contributed by atoms with Gasteiger partial charge in [0.2, 0.25) is 0 Å². The Balaban J connectivity index is 1.29. The first-order valence-corrected chi connectivity index (χ1v) is 8.84. The summed E-state index contributed by atoms with van der Waals surface area (Å²) in [4.78, 5) is 14.0. The molecule has 0 spiro atoms. The number of benzene rings is 1. The Morgan fingerprint density at radius 3 is 2.65 bits per heavy atom. The Kier molecular flexibility index (Phi) is 3.29. The van der Waals surface area contributed by atoms with Crippen LogP contribution >= 0.6 is 0 Å². The number of aromatic nitrogens is 4. The van der Waals surface area contributed by atoms with Gasteiger partial charge in [-0.1, -0.05) is 12.1 Å². The van der Waals surface area contributed by atoms with Crippen molar-refractivity contribution < 1.29 is 13.6 Å². The number of nitrogens with zero attached hydrogens (tertiary/aromatic N) is 5. The van der Waals surface area contributed by atoms with E-state index >= 15 is 0 Å². The number of halogens is 2. The summed E-state index contributed by atoms with van der Waals surface area (Å²) in [6.07, 6.45) is 2.06. The monoisotopic (exact) mass is 360 g/mol. The first kappa shape index (κ1) is 15.7. The second-order valence-electron chi connectivity index (χ2n) is 7.39.